The van der Waals surface area contributed by atoms with Crippen molar-refractivity contribution < 1.29 is 59.7 Å². The number of carbonyl (C=O) groups excluding carboxylic acids is 3. The molecule has 1 aliphatic rings. The number of hydrogen-bond acceptors (Lipinski definition) is 4. The van der Waals surface area contributed by atoms with E-state index in [4.69, 9.17) is 0 Å². The summed E-state index contributed by atoms with van der Waals surface area (Å²) in [4.78, 5) is 49.5. The fourth-order valence-electron chi connectivity index (χ4n) is 3.77. The number of carbonyl (C=O) groups is 4. The number of aryl methyl sites for hydroxylation is 1. The molecule has 3 N–H and O–H groups in total. The van der Waals surface area contributed by atoms with E-state index in [0.29, 0.717) is 11.1 Å². The molecule has 1 aliphatic heterocycles. The van der Waals surface area contributed by atoms with Crippen molar-refractivity contribution in [3.8, 4) is 11.1 Å². The standard InChI is InChI=1S/C24H24FN3O5.Na.H/c1-13-6-4-5-7-16(13)17-10-15(25)11-18(14(17)2)19(12-21(30)31)26-24(33)27-22-20(29)8-9-28(3)23(22)32;;/h4-11,19,22H,12H2,1-3H3,(H,30,31)(H2,26,27,33);;/q;+1;-1. The molecular formula is C24H25FN3NaO5. The maximum Gasteiger partial charge on any atom is 1.00 e. The third-order valence-electron chi connectivity index (χ3n) is 5.52. The molecule has 0 fully saturated rings. The maximum atomic E-state index is 14.6. The van der Waals surface area contributed by atoms with Gasteiger partial charge >= 0.3 is 41.6 Å². The number of nitrogens with one attached hydrogen (secondary N) is 2. The largest absolute Gasteiger partial charge is 1.00 e. The smallest absolute Gasteiger partial charge is 1.00 e. The van der Waals surface area contributed by atoms with Crippen LogP contribution in [0, 0.1) is 19.7 Å². The van der Waals surface area contributed by atoms with Crippen LogP contribution >= 0.6 is 0 Å². The number of aliphatic carboxylic acids is 1. The molecule has 3 rings (SSSR count). The molecule has 1 heterocycles. The van der Waals surface area contributed by atoms with Gasteiger partial charge in [-0.05, 0) is 53.8 Å². The molecule has 0 spiro atoms. The molecular weight excluding hydrogens is 452 g/mol. The van der Waals surface area contributed by atoms with Gasteiger partial charge in [0.25, 0.3) is 5.91 Å². The molecule has 0 saturated heterocycles. The Morgan fingerprint density at radius 3 is 2.50 bits per heavy atom. The predicted octanol–water partition coefficient (Wildman–Crippen LogP) is -0.0356. The molecule has 0 aromatic heterocycles. The van der Waals surface area contributed by atoms with Crippen molar-refractivity contribution in [2.45, 2.75) is 32.4 Å². The monoisotopic (exact) mass is 477 g/mol. The fraction of sp³-hybridized carbons (Fsp3) is 0.250. The van der Waals surface area contributed by atoms with Crippen LogP contribution in [-0.4, -0.2) is 46.8 Å². The van der Waals surface area contributed by atoms with Crippen LogP contribution in [0.2, 0.25) is 0 Å². The number of carboxylic acid groups (broad SMARTS) is 1. The van der Waals surface area contributed by atoms with Gasteiger partial charge in [-0.1, -0.05) is 24.3 Å². The van der Waals surface area contributed by atoms with E-state index in [1.165, 1.54) is 25.4 Å². The molecule has 0 aliphatic carbocycles. The second-order valence-corrected chi connectivity index (χ2v) is 7.85. The minimum Gasteiger partial charge on any atom is -1.00 e. The second-order valence-electron chi connectivity index (χ2n) is 7.85. The van der Waals surface area contributed by atoms with Crippen molar-refractivity contribution in [1.82, 2.24) is 15.5 Å². The Kier molecular flexibility index (Phi) is 9.14. The first-order chi connectivity index (χ1) is 15.6. The van der Waals surface area contributed by atoms with Gasteiger partial charge in [0.15, 0.2) is 11.8 Å². The zero-order valence-electron chi connectivity index (χ0n) is 20.4. The molecule has 174 valence electrons. The van der Waals surface area contributed by atoms with E-state index < -0.39 is 48.0 Å². The number of nitrogens with zero attached hydrogens (tertiary/aromatic N) is 1. The SMILES string of the molecule is Cc1ccccc1-c1cc(F)cc(C(CC(=O)O)NC(=O)NC2C(=O)C=CN(C)C2=O)c1C.[H-].[Na+]. The summed E-state index contributed by atoms with van der Waals surface area (Å²) >= 11 is 0. The average molecular weight is 477 g/mol. The summed E-state index contributed by atoms with van der Waals surface area (Å²) < 4.78 is 14.6. The number of urea groups is 1. The van der Waals surface area contributed by atoms with Gasteiger partial charge in [-0.3, -0.25) is 14.4 Å². The van der Waals surface area contributed by atoms with Crippen LogP contribution in [-0.2, 0) is 14.4 Å². The van der Waals surface area contributed by atoms with E-state index in [9.17, 15) is 28.7 Å². The van der Waals surface area contributed by atoms with E-state index in [1.807, 2.05) is 31.2 Å². The number of benzene rings is 2. The van der Waals surface area contributed by atoms with Crippen molar-refractivity contribution in [2.75, 3.05) is 7.05 Å². The predicted molar refractivity (Wildman–Crippen MR) is 120 cm³/mol. The fourth-order valence-corrected chi connectivity index (χ4v) is 3.77. The Labute approximate surface area is 220 Å². The number of amides is 3. The van der Waals surface area contributed by atoms with Crippen molar-refractivity contribution in [1.29, 1.82) is 0 Å². The second kappa shape index (κ2) is 11.4. The molecule has 10 heteroatoms. The summed E-state index contributed by atoms with van der Waals surface area (Å²) in [6.45, 7) is 3.60. The topological polar surface area (TPSA) is 116 Å². The van der Waals surface area contributed by atoms with E-state index in [1.54, 1.807) is 6.92 Å². The van der Waals surface area contributed by atoms with Crippen molar-refractivity contribution >= 4 is 23.7 Å². The number of ketones is 1. The Hall–Kier alpha value is -3.01. The molecule has 0 saturated carbocycles. The minimum atomic E-state index is -1.43. The van der Waals surface area contributed by atoms with E-state index in [-0.39, 0.29) is 36.5 Å². The van der Waals surface area contributed by atoms with Crippen LogP contribution in [0.1, 0.15) is 30.6 Å². The Morgan fingerprint density at radius 1 is 1.18 bits per heavy atom. The van der Waals surface area contributed by atoms with Gasteiger partial charge in [-0.15, -0.1) is 0 Å². The molecule has 2 aromatic carbocycles. The summed E-state index contributed by atoms with van der Waals surface area (Å²) in [6.07, 6.45) is 1.92. The number of rotatable bonds is 6. The first-order valence-corrected chi connectivity index (χ1v) is 10.2. The number of likely N-dealkylation sites (N-methyl/N-ethyl adjacent to an activating group) is 1. The van der Waals surface area contributed by atoms with Gasteiger partial charge in [0.05, 0.1) is 12.5 Å². The first-order valence-electron chi connectivity index (χ1n) is 10.2. The molecule has 2 atom stereocenters. The van der Waals surface area contributed by atoms with E-state index in [0.717, 1.165) is 22.1 Å². The van der Waals surface area contributed by atoms with Crippen molar-refractivity contribution in [3.05, 3.63) is 71.2 Å². The molecule has 2 aromatic rings. The van der Waals surface area contributed by atoms with Crippen LogP contribution in [0.4, 0.5) is 9.18 Å². The third-order valence-corrected chi connectivity index (χ3v) is 5.52. The third kappa shape index (κ3) is 6.11. The van der Waals surface area contributed by atoms with E-state index >= 15 is 0 Å². The van der Waals surface area contributed by atoms with Crippen LogP contribution in [0.15, 0.2) is 48.7 Å². The van der Waals surface area contributed by atoms with Crippen LogP contribution in [0.25, 0.3) is 11.1 Å². The zero-order chi connectivity index (χ0) is 24.3. The van der Waals surface area contributed by atoms with Crippen LogP contribution in [0.5, 0.6) is 0 Å². The Bertz CT molecular complexity index is 1170. The van der Waals surface area contributed by atoms with Gasteiger partial charge < -0.3 is 22.1 Å². The van der Waals surface area contributed by atoms with Crippen molar-refractivity contribution in [3.63, 3.8) is 0 Å². The number of carboxylic acids is 1. The Balaban J connectivity index is 0.00000306. The van der Waals surface area contributed by atoms with Gasteiger partial charge in [0, 0.05) is 19.3 Å². The summed E-state index contributed by atoms with van der Waals surface area (Å²) in [7, 11) is 1.44. The molecule has 3 amide bonds. The zero-order valence-corrected chi connectivity index (χ0v) is 21.4. The summed E-state index contributed by atoms with van der Waals surface area (Å²) in [5.41, 5.74) is 3.14. The summed E-state index contributed by atoms with van der Waals surface area (Å²) in [5.74, 6) is -3.03. The van der Waals surface area contributed by atoms with Crippen LogP contribution < -0.4 is 40.2 Å². The van der Waals surface area contributed by atoms with Gasteiger partial charge in [-0.25, -0.2) is 9.18 Å². The minimum absolute atomic E-state index is 0. The van der Waals surface area contributed by atoms with Crippen molar-refractivity contribution in [2.24, 2.45) is 0 Å². The first kappa shape index (κ1) is 27.2. The van der Waals surface area contributed by atoms with Gasteiger partial charge in [0.1, 0.15) is 5.82 Å². The summed E-state index contributed by atoms with van der Waals surface area (Å²) in [5, 5.41) is 14.2. The molecule has 34 heavy (non-hydrogen) atoms. The van der Waals surface area contributed by atoms with E-state index in [2.05, 4.69) is 10.6 Å². The molecule has 2 unspecified atom stereocenters. The average Bonchev–Trinajstić information content (AvgIpc) is 2.75. The maximum absolute atomic E-state index is 14.6. The number of hydrogen-bond donors (Lipinski definition) is 3. The Morgan fingerprint density at radius 2 is 1.85 bits per heavy atom. The number of halogens is 1. The molecule has 8 nitrogen and oxygen atoms in total. The molecule has 0 bridgehead atoms. The van der Waals surface area contributed by atoms with Gasteiger partial charge in [0.2, 0.25) is 0 Å². The molecule has 0 radical (unpaired) electrons. The normalized spacial score (nSPS) is 16.0. The summed E-state index contributed by atoms with van der Waals surface area (Å²) in [6, 6.07) is 6.46. The quantitative estimate of drug-likeness (QED) is 0.399. The van der Waals surface area contributed by atoms with Crippen LogP contribution in [0.3, 0.4) is 0 Å². The van der Waals surface area contributed by atoms with Gasteiger partial charge in [-0.2, -0.15) is 0 Å².